The van der Waals surface area contributed by atoms with Crippen LogP contribution in [0.4, 0.5) is 0 Å². The van der Waals surface area contributed by atoms with E-state index in [1.807, 2.05) is 25.1 Å². The van der Waals surface area contributed by atoms with E-state index in [9.17, 15) is 9.90 Å². The molecule has 0 aromatic heterocycles. The number of ketones is 1. The zero-order valence-corrected chi connectivity index (χ0v) is 25.4. The Morgan fingerprint density at radius 3 is 2.58 bits per heavy atom. The van der Waals surface area contributed by atoms with Crippen LogP contribution in [0, 0.1) is 0 Å². The molecule has 2 bridgehead atoms. The Kier molecular flexibility index (Phi) is 14.8. The molecule has 0 amide bonds. The number of hydrogen-bond donors (Lipinski definition) is 0. The first-order chi connectivity index (χ1) is 17.4. The molecule has 2 heterocycles. The van der Waals surface area contributed by atoms with Crippen LogP contribution < -0.4 is 5.11 Å². The van der Waals surface area contributed by atoms with E-state index in [1.54, 1.807) is 0 Å². The average molecular weight is 656 g/mol. The van der Waals surface area contributed by atoms with E-state index in [-0.39, 0.29) is 17.7 Å². The summed E-state index contributed by atoms with van der Waals surface area (Å²) >= 11 is 23.4. The number of hydrogen-bond acceptors (Lipinski definition) is 8. The molecular weight excluding hydrogens is 624 g/mol. The number of aliphatic imine (C=N–C) groups is 1. The third kappa shape index (κ3) is 8.63. The van der Waals surface area contributed by atoms with Crippen LogP contribution in [-0.2, 0) is 52.4 Å². The molecule has 0 aliphatic carbocycles. The van der Waals surface area contributed by atoms with Crippen molar-refractivity contribution in [3.8, 4) is 0 Å². The quantitative estimate of drug-likeness (QED) is 0.183. The Morgan fingerprint density at radius 2 is 1.94 bits per heavy atom. The van der Waals surface area contributed by atoms with Gasteiger partial charge in [0.25, 0.3) is 0 Å². The summed E-state index contributed by atoms with van der Waals surface area (Å²) in [7, 11) is 0. The fourth-order valence-electron chi connectivity index (χ4n) is 5.14. The Bertz CT molecular complexity index is 951. The maximum absolute atomic E-state index is 13.1. The monoisotopic (exact) mass is 655 g/mol. The molecule has 0 N–H and O–H groups in total. The van der Waals surface area contributed by atoms with Crippen LogP contribution in [0.5, 0.6) is 0 Å². The van der Waals surface area contributed by atoms with Crippen molar-refractivity contribution >= 4 is 65.7 Å². The molecule has 0 saturated carbocycles. The van der Waals surface area contributed by atoms with Crippen molar-refractivity contribution in [2.75, 3.05) is 44.2 Å². The van der Waals surface area contributed by atoms with Crippen LogP contribution in [0.2, 0.25) is 10.0 Å². The van der Waals surface area contributed by atoms with Gasteiger partial charge in [0.15, 0.2) is 5.78 Å². The molecule has 0 spiro atoms. The third-order valence-corrected chi connectivity index (χ3v) is 7.77. The van der Waals surface area contributed by atoms with Gasteiger partial charge in [0, 0.05) is 43.7 Å². The van der Waals surface area contributed by atoms with Gasteiger partial charge in [-0.05, 0) is 67.9 Å². The van der Waals surface area contributed by atoms with Crippen LogP contribution in [0.3, 0.4) is 0 Å². The standard InChI is InChI=1S/C25H35Cl2N3O2S2.O.Tc/c1-2-23(31)25-19(17-4-6-20(26)21(27)14-17)15-18-5-7-22(25)30(18)10-3-9-29(11-13-34)16-24(32)28-8-12-33;;/h4,6,14,18,22,33-34H,2-3,5,7-13,15-16H2,1H3,(H,28,32);;/q;;+3/p-3/t18-,22+;;/m0../s1/i;;1+1. The van der Waals surface area contributed by atoms with E-state index >= 15 is 0 Å². The molecule has 0 radical (unpaired) electrons. The molecular formula is C25H32Cl2N3O3S2Tc. The van der Waals surface area contributed by atoms with Gasteiger partial charge in [-0.15, -0.1) is 0 Å². The second-order valence-electron chi connectivity index (χ2n) is 8.80. The Labute approximate surface area is 246 Å². The number of halogens is 2. The molecule has 2 aliphatic heterocycles. The number of carbonyl (C=O) groups excluding carboxylic acids is 1. The number of fused-ring (bicyclic) bond motifs is 2. The average Bonchev–Trinajstić information content (AvgIpc) is 3.15. The number of nitrogens with zero attached hydrogens (tertiary/aromatic N) is 3. The van der Waals surface area contributed by atoms with Crippen molar-refractivity contribution in [3.63, 3.8) is 0 Å². The third-order valence-electron chi connectivity index (χ3n) is 6.67. The van der Waals surface area contributed by atoms with Crippen LogP contribution in [0.25, 0.3) is 5.57 Å². The summed E-state index contributed by atoms with van der Waals surface area (Å²) in [5.41, 5.74) is 3.06. The summed E-state index contributed by atoms with van der Waals surface area (Å²) in [5.74, 6) is 1.12. The Balaban J connectivity index is 0.00000222. The normalized spacial score (nSPS) is 20.0. The number of Topliss-reactive ketones (excluding diaryl/α,β-unsaturated/α-hetero) is 1. The molecule has 11 heteroatoms. The summed E-state index contributed by atoms with van der Waals surface area (Å²) in [4.78, 5) is 21.7. The van der Waals surface area contributed by atoms with E-state index in [2.05, 4.69) is 14.8 Å². The van der Waals surface area contributed by atoms with E-state index in [4.69, 9.17) is 52.0 Å². The summed E-state index contributed by atoms with van der Waals surface area (Å²) in [6.45, 7) is 4.97. The van der Waals surface area contributed by atoms with Gasteiger partial charge in [0.2, 0.25) is 0 Å². The molecule has 1 aromatic carbocycles. The van der Waals surface area contributed by atoms with Gasteiger partial charge in [0.05, 0.1) is 10.0 Å². The molecule has 36 heavy (non-hydrogen) atoms. The van der Waals surface area contributed by atoms with Crippen molar-refractivity contribution in [1.82, 2.24) is 9.80 Å². The number of carbonyl (C=O) groups is 1. The van der Waals surface area contributed by atoms with E-state index in [0.29, 0.717) is 53.6 Å². The predicted octanol–water partition coefficient (Wildman–Crippen LogP) is 3.39. The van der Waals surface area contributed by atoms with Crippen molar-refractivity contribution in [1.29, 1.82) is 0 Å². The molecule has 2 atom stereocenters. The second-order valence-corrected chi connectivity index (χ2v) is 10.4. The first kappa shape index (κ1) is 32.0. The fraction of sp³-hybridized carbons (Fsp3) is 0.600. The van der Waals surface area contributed by atoms with Crippen molar-refractivity contribution in [3.05, 3.63) is 39.4 Å². The topological polar surface area (TPSA) is 76.0 Å². The van der Waals surface area contributed by atoms with Crippen molar-refractivity contribution in [2.45, 2.75) is 51.1 Å². The Hall–Kier alpha value is -0.251. The number of rotatable bonds is 13. The molecule has 0 unspecified atom stereocenters. The van der Waals surface area contributed by atoms with Crippen LogP contribution in [-0.4, -0.2) is 77.8 Å². The SMILES string of the molecule is CCC(=O)C1=C(c2ccc(Cl)c(Cl)c2)C[C@@H]2CC[C@H]1N2CCCN(CC[S-])CC([O-])=NCC[S-].[O]=[99Tc+3]. The van der Waals surface area contributed by atoms with Gasteiger partial charge in [-0.3, -0.25) is 9.69 Å². The van der Waals surface area contributed by atoms with Crippen molar-refractivity contribution < 1.29 is 32.3 Å². The molecule has 1 saturated heterocycles. The summed E-state index contributed by atoms with van der Waals surface area (Å²) in [6, 6.07) is 6.20. The summed E-state index contributed by atoms with van der Waals surface area (Å²) in [6.07, 6.45) is 4.29. The molecule has 1 fully saturated rings. The molecule has 1 aromatic rings. The molecule has 198 valence electrons. The predicted molar refractivity (Wildman–Crippen MR) is 145 cm³/mol. The Morgan fingerprint density at radius 1 is 1.19 bits per heavy atom. The first-order valence-electron chi connectivity index (χ1n) is 12.1. The minimum atomic E-state index is -0.128. The second kappa shape index (κ2) is 16.7. The van der Waals surface area contributed by atoms with Crippen LogP contribution in [0.1, 0.15) is 44.6 Å². The summed E-state index contributed by atoms with van der Waals surface area (Å²) in [5, 5.41) is 13.1. The molecule has 6 nitrogen and oxygen atoms in total. The van der Waals surface area contributed by atoms with Gasteiger partial charge in [0.1, 0.15) is 0 Å². The van der Waals surface area contributed by atoms with Gasteiger partial charge >= 0.3 is 22.4 Å². The summed E-state index contributed by atoms with van der Waals surface area (Å²) < 4.78 is 8.22. The zero-order valence-electron chi connectivity index (χ0n) is 20.4. The van der Waals surface area contributed by atoms with Gasteiger partial charge in [-0.25, -0.2) is 0 Å². The van der Waals surface area contributed by atoms with Crippen LogP contribution in [0.15, 0.2) is 28.8 Å². The van der Waals surface area contributed by atoms with Gasteiger partial charge < -0.3 is 40.3 Å². The maximum atomic E-state index is 13.1. The zero-order chi connectivity index (χ0) is 26.7. The molecule has 3 rings (SSSR count). The number of benzene rings is 1. The first-order valence-corrected chi connectivity index (χ1v) is 14.8. The van der Waals surface area contributed by atoms with E-state index in [0.717, 1.165) is 74.3 Å². The van der Waals surface area contributed by atoms with Crippen molar-refractivity contribution in [2.24, 2.45) is 4.99 Å². The van der Waals surface area contributed by atoms with Gasteiger partial charge in [-0.2, -0.15) is 11.5 Å². The van der Waals surface area contributed by atoms with E-state index in [1.165, 1.54) is 0 Å². The minimum absolute atomic E-state index is 0.128. The molecule has 2 aliphatic rings. The van der Waals surface area contributed by atoms with E-state index < -0.39 is 0 Å². The van der Waals surface area contributed by atoms with Gasteiger partial charge in [-0.1, -0.05) is 36.2 Å². The fourth-order valence-corrected chi connectivity index (χ4v) is 5.79. The van der Waals surface area contributed by atoms with Crippen LogP contribution >= 0.6 is 23.2 Å².